The Hall–Kier alpha value is -0.730. The molecule has 1 aromatic carbocycles. The highest BCUT2D eigenvalue weighted by atomic mass is 35.5. The van der Waals surface area contributed by atoms with Crippen LogP contribution in [0.2, 0.25) is 5.02 Å². The molecule has 0 heterocycles. The summed E-state index contributed by atoms with van der Waals surface area (Å²) in [4.78, 5) is 2.32. The van der Waals surface area contributed by atoms with Crippen molar-refractivity contribution in [3.63, 3.8) is 0 Å². The summed E-state index contributed by atoms with van der Waals surface area (Å²) in [5.41, 5.74) is 8.42. The molecule has 3 heteroatoms. The van der Waals surface area contributed by atoms with E-state index in [0.717, 1.165) is 11.4 Å². The van der Waals surface area contributed by atoms with Crippen molar-refractivity contribution >= 4 is 17.3 Å². The minimum Gasteiger partial charge on any atom is -0.372 e. The molecule has 1 aromatic rings. The van der Waals surface area contributed by atoms with Gasteiger partial charge in [0.15, 0.2) is 0 Å². The Morgan fingerprint density at radius 1 is 1.21 bits per heavy atom. The largest absolute Gasteiger partial charge is 0.372 e. The molecule has 0 aromatic heterocycles. The zero-order valence-corrected chi connectivity index (χ0v) is 13.5. The third kappa shape index (κ3) is 5.04. The second-order valence-corrected chi connectivity index (χ2v) is 6.48. The number of nitrogens with zero attached hydrogens (tertiary/aromatic N) is 1. The number of nitrogens with two attached hydrogens (primary N) is 1. The predicted octanol–water partition coefficient (Wildman–Crippen LogP) is 4.10. The lowest BCUT2D eigenvalue weighted by Gasteiger charge is -2.30. The van der Waals surface area contributed by atoms with Gasteiger partial charge in [0.2, 0.25) is 0 Å². The Bertz CT molecular complexity index is 402. The summed E-state index contributed by atoms with van der Waals surface area (Å²) in [5, 5.41) is 0.784. The monoisotopic (exact) mass is 282 g/mol. The molecule has 0 spiro atoms. The summed E-state index contributed by atoms with van der Waals surface area (Å²) in [6.07, 6.45) is 2.05. The number of halogens is 1. The highest BCUT2D eigenvalue weighted by Crippen LogP contribution is 2.27. The van der Waals surface area contributed by atoms with Crippen molar-refractivity contribution in [2.45, 2.75) is 52.6 Å². The van der Waals surface area contributed by atoms with Crippen LogP contribution in [0.15, 0.2) is 18.2 Å². The van der Waals surface area contributed by atoms with Gasteiger partial charge in [-0.25, -0.2) is 0 Å². The van der Waals surface area contributed by atoms with Gasteiger partial charge in [-0.15, -0.1) is 0 Å². The van der Waals surface area contributed by atoms with Gasteiger partial charge in [-0.2, -0.15) is 0 Å². The molecule has 0 amide bonds. The maximum absolute atomic E-state index is 6.15. The normalized spacial score (nSPS) is 14.5. The van der Waals surface area contributed by atoms with E-state index < -0.39 is 0 Å². The minimum atomic E-state index is 0.161. The molecule has 0 fully saturated rings. The van der Waals surface area contributed by atoms with E-state index >= 15 is 0 Å². The van der Waals surface area contributed by atoms with Crippen LogP contribution in [0, 0.1) is 5.92 Å². The van der Waals surface area contributed by atoms with E-state index in [1.54, 1.807) is 0 Å². The van der Waals surface area contributed by atoms with Crippen LogP contribution in [-0.4, -0.2) is 19.1 Å². The van der Waals surface area contributed by atoms with E-state index in [0.29, 0.717) is 12.0 Å². The molecule has 0 saturated heterocycles. The number of anilines is 1. The summed E-state index contributed by atoms with van der Waals surface area (Å²) in [6.45, 7) is 8.81. The molecular weight excluding hydrogens is 256 g/mol. The first-order valence-corrected chi connectivity index (χ1v) is 7.46. The zero-order chi connectivity index (χ0) is 14.6. The zero-order valence-electron chi connectivity index (χ0n) is 12.8. The van der Waals surface area contributed by atoms with Crippen LogP contribution in [0.5, 0.6) is 0 Å². The molecule has 2 atom stereocenters. The van der Waals surface area contributed by atoms with Gasteiger partial charge in [0.05, 0.1) is 0 Å². The van der Waals surface area contributed by atoms with E-state index in [9.17, 15) is 0 Å². The maximum atomic E-state index is 6.15. The second kappa shape index (κ2) is 7.16. The van der Waals surface area contributed by atoms with Crippen LogP contribution in [-0.2, 0) is 6.42 Å². The minimum absolute atomic E-state index is 0.161. The number of rotatable bonds is 6. The summed E-state index contributed by atoms with van der Waals surface area (Å²) >= 11 is 6.15. The van der Waals surface area contributed by atoms with Gasteiger partial charge < -0.3 is 10.6 Å². The van der Waals surface area contributed by atoms with Crippen molar-refractivity contribution in [1.29, 1.82) is 0 Å². The summed E-state index contributed by atoms with van der Waals surface area (Å²) < 4.78 is 0. The molecule has 0 bridgehead atoms. The molecule has 2 N–H and O–H groups in total. The summed E-state index contributed by atoms with van der Waals surface area (Å²) in [7, 11) is 2.14. The third-order valence-electron chi connectivity index (χ3n) is 3.44. The van der Waals surface area contributed by atoms with Crippen molar-refractivity contribution < 1.29 is 0 Å². The van der Waals surface area contributed by atoms with Crippen molar-refractivity contribution in [2.24, 2.45) is 11.7 Å². The molecular formula is C16H27ClN2. The van der Waals surface area contributed by atoms with E-state index in [4.69, 9.17) is 17.3 Å². The summed E-state index contributed by atoms with van der Waals surface area (Å²) in [5.74, 6) is 0.688. The molecule has 0 saturated carbocycles. The molecule has 1 rings (SSSR count). The smallest absolute Gasteiger partial charge is 0.0426 e. The van der Waals surface area contributed by atoms with Crippen LogP contribution in [0.3, 0.4) is 0 Å². The van der Waals surface area contributed by atoms with Gasteiger partial charge in [0, 0.05) is 29.8 Å². The van der Waals surface area contributed by atoms with Crippen LogP contribution < -0.4 is 10.6 Å². The highest BCUT2D eigenvalue weighted by molar-refractivity contribution is 6.30. The SMILES string of the molecule is CC(C)CC(C)N(C)c1cc(Cl)ccc1CC(C)N. The molecule has 0 aliphatic carbocycles. The van der Waals surface area contributed by atoms with Crippen molar-refractivity contribution in [2.75, 3.05) is 11.9 Å². The molecule has 0 aliphatic rings. The van der Waals surface area contributed by atoms with Gasteiger partial charge in [-0.3, -0.25) is 0 Å². The first-order chi connectivity index (χ1) is 8.81. The van der Waals surface area contributed by atoms with Crippen LogP contribution in [0.25, 0.3) is 0 Å². The Morgan fingerprint density at radius 2 is 1.84 bits per heavy atom. The van der Waals surface area contributed by atoms with Crippen molar-refractivity contribution in [3.05, 3.63) is 28.8 Å². The van der Waals surface area contributed by atoms with E-state index in [1.165, 1.54) is 17.7 Å². The van der Waals surface area contributed by atoms with Crippen LogP contribution in [0.4, 0.5) is 5.69 Å². The first kappa shape index (κ1) is 16.3. The third-order valence-corrected chi connectivity index (χ3v) is 3.68. The lowest BCUT2D eigenvalue weighted by molar-refractivity contribution is 0.503. The van der Waals surface area contributed by atoms with E-state index in [-0.39, 0.29) is 6.04 Å². The van der Waals surface area contributed by atoms with Crippen molar-refractivity contribution in [3.8, 4) is 0 Å². The molecule has 2 unspecified atom stereocenters. The van der Waals surface area contributed by atoms with Crippen LogP contribution >= 0.6 is 11.6 Å². The summed E-state index contributed by atoms with van der Waals surface area (Å²) in [6, 6.07) is 6.75. The van der Waals surface area contributed by atoms with Gasteiger partial charge in [0.25, 0.3) is 0 Å². The Kier molecular flexibility index (Phi) is 6.15. The Balaban J connectivity index is 2.98. The standard InChI is InChI=1S/C16H27ClN2/c1-11(2)8-13(4)19(5)16-10-15(17)7-6-14(16)9-12(3)18/h6-7,10-13H,8-9,18H2,1-5H3. The fourth-order valence-corrected chi connectivity index (χ4v) is 2.63. The van der Waals surface area contributed by atoms with E-state index in [1.807, 2.05) is 13.0 Å². The maximum Gasteiger partial charge on any atom is 0.0426 e. The number of hydrogen-bond acceptors (Lipinski definition) is 2. The Morgan fingerprint density at radius 3 is 2.37 bits per heavy atom. The molecule has 2 nitrogen and oxygen atoms in total. The average molecular weight is 283 g/mol. The lowest BCUT2D eigenvalue weighted by atomic mass is 10.0. The van der Waals surface area contributed by atoms with E-state index in [2.05, 4.69) is 44.9 Å². The molecule has 0 radical (unpaired) electrons. The lowest BCUT2D eigenvalue weighted by Crippen LogP contribution is -2.31. The fraction of sp³-hybridized carbons (Fsp3) is 0.625. The Labute approximate surface area is 122 Å². The molecule has 0 aliphatic heterocycles. The van der Waals surface area contributed by atoms with Gasteiger partial charge >= 0.3 is 0 Å². The van der Waals surface area contributed by atoms with Crippen LogP contribution in [0.1, 0.15) is 39.7 Å². The van der Waals surface area contributed by atoms with Gasteiger partial charge in [0.1, 0.15) is 0 Å². The van der Waals surface area contributed by atoms with Gasteiger partial charge in [-0.1, -0.05) is 31.5 Å². The molecule has 19 heavy (non-hydrogen) atoms. The van der Waals surface area contributed by atoms with Gasteiger partial charge in [-0.05, 0) is 50.3 Å². The number of benzene rings is 1. The predicted molar refractivity (Wildman–Crippen MR) is 86.1 cm³/mol. The molecule has 108 valence electrons. The number of hydrogen-bond donors (Lipinski definition) is 1. The quantitative estimate of drug-likeness (QED) is 0.851. The second-order valence-electron chi connectivity index (χ2n) is 6.04. The fourth-order valence-electron chi connectivity index (χ4n) is 2.46. The average Bonchev–Trinajstić information content (AvgIpc) is 2.29. The first-order valence-electron chi connectivity index (χ1n) is 7.08. The topological polar surface area (TPSA) is 29.3 Å². The highest BCUT2D eigenvalue weighted by Gasteiger charge is 2.16. The van der Waals surface area contributed by atoms with Crippen molar-refractivity contribution in [1.82, 2.24) is 0 Å².